The highest BCUT2D eigenvalue weighted by molar-refractivity contribution is 7.90. The third-order valence-corrected chi connectivity index (χ3v) is 3.39. The van der Waals surface area contributed by atoms with Crippen LogP contribution >= 0.6 is 11.6 Å². The SMILES string of the molecule is CC(C)OC(=O)c1ccc(Cl)cc1S(=O)(=O)N=C=O. The Bertz CT molecular complexity index is 647. The lowest BCUT2D eigenvalue weighted by Crippen LogP contribution is -2.15. The normalized spacial score (nSPS) is 10.9. The van der Waals surface area contributed by atoms with Crippen molar-refractivity contribution in [3.63, 3.8) is 0 Å². The minimum Gasteiger partial charge on any atom is -0.459 e. The molecule has 0 aromatic heterocycles. The molecule has 0 radical (unpaired) electrons. The van der Waals surface area contributed by atoms with Crippen molar-refractivity contribution < 1.29 is 22.7 Å². The van der Waals surface area contributed by atoms with Gasteiger partial charge in [0.15, 0.2) is 0 Å². The number of carbonyl (C=O) groups excluding carboxylic acids is 2. The summed E-state index contributed by atoms with van der Waals surface area (Å²) in [7, 11) is -4.33. The van der Waals surface area contributed by atoms with Gasteiger partial charge in [0.1, 0.15) is 4.90 Å². The van der Waals surface area contributed by atoms with Crippen LogP contribution < -0.4 is 0 Å². The van der Waals surface area contributed by atoms with Crippen LogP contribution in [0.5, 0.6) is 0 Å². The van der Waals surface area contributed by atoms with E-state index in [1.165, 1.54) is 12.1 Å². The molecule has 0 N–H and O–H groups in total. The van der Waals surface area contributed by atoms with Crippen molar-refractivity contribution in [1.29, 1.82) is 0 Å². The quantitative estimate of drug-likeness (QED) is 0.481. The van der Waals surface area contributed by atoms with Crippen LogP contribution in [0.25, 0.3) is 0 Å². The lowest BCUT2D eigenvalue weighted by molar-refractivity contribution is 0.0373. The van der Waals surface area contributed by atoms with Crippen molar-refractivity contribution >= 4 is 33.7 Å². The molecule has 0 unspecified atom stereocenters. The van der Waals surface area contributed by atoms with Gasteiger partial charge in [-0.1, -0.05) is 16.0 Å². The van der Waals surface area contributed by atoms with Gasteiger partial charge in [0, 0.05) is 5.02 Å². The monoisotopic (exact) mass is 303 g/mol. The van der Waals surface area contributed by atoms with Crippen LogP contribution in [-0.2, 0) is 19.6 Å². The number of esters is 1. The first-order chi connectivity index (χ1) is 8.77. The second-order valence-corrected chi connectivity index (χ2v) is 5.76. The smallest absolute Gasteiger partial charge is 0.339 e. The Kier molecular flexibility index (Phi) is 4.83. The van der Waals surface area contributed by atoms with E-state index in [-0.39, 0.29) is 10.6 Å². The summed E-state index contributed by atoms with van der Waals surface area (Å²) in [5.74, 6) is -0.841. The standard InChI is InChI=1S/C11H10ClNO5S/c1-7(2)18-11(15)9-4-3-8(12)5-10(9)19(16,17)13-6-14/h3-5,7H,1-2H3. The fourth-order valence-electron chi connectivity index (χ4n) is 1.25. The molecule has 0 saturated heterocycles. The average molecular weight is 304 g/mol. The summed E-state index contributed by atoms with van der Waals surface area (Å²) in [6, 6.07) is 3.55. The molecule has 0 aliphatic heterocycles. The maximum Gasteiger partial charge on any atom is 0.339 e. The van der Waals surface area contributed by atoms with E-state index in [9.17, 15) is 18.0 Å². The Hall–Kier alpha value is -1.69. The Labute approximate surface area is 115 Å². The van der Waals surface area contributed by atoms with Crippen molar-refractivity contribution in [2.45, 2.75) is 24.8 Å². The zero-order valence-electron chi connectivity index (χ0n) is 10.1. The van der Waals surface area contributed by atoms with Gasteiger partial charge in [-0.2, -0.15) is 8.42 Å². The minimum absolute atomic E-state index is 0.0840. The maximum atomic E-state index is 11.8. The Morgan fingerprint density at radius 1 is 1.42 bits per heavy atom. The van der Waals surface area contributed by atoms with Gasteiger partial charge in [0.2, 0.25) is 0 Å². The number of nitrogens with zero attached hydrogens (tertiary/aromatic N) is 1. The molecule has 1 aromatic rings. The molecule has 102 valence electrons. The van der Waals surface area contributed by atoms with Gasteiger partial charge in [0.05, 0.1) is 11.7 Å². The van der Waals surface area contributed by atoms with Crippen LogP contribution in [-0.4, -0.2) is 26.6 Å². The molecular formula is C11H10ClNO5S. The highest BCUT2D eigenvalue weighted by Gasteiger charge is 2.24. The molecule has 1 aromatic carbocycles. The molecule has 0 fully saturated rings. The van der Waals surface area contributed by atoms with E-state index in [2.05, 4.69) is 4.40 Å². The third-order valence-electron chi connectivity index (χ3n) is 1.94. The molecule has 0 bridgehead atoms. The van der Waals surface area contributed by atoms with Gasteiger partial charge in [-0.25, -0.2) is 9.59 Å². The van der Waals surface area contributed by atoms with Gasteiger partial charge in [-0.05, 0) is 32.0 Å². The fraction of sp³-hybridized carbons (Fsp3) is 0.273. The summed E-state index contributed by atoms with van der Waals surface area (Å²) in [6.45, 7) is 3.23. The highest BCUT2D eigenvalue weighted by Crippen LogP contribution is 2.23. The first-order valence-corrected chi connectivity index (χ1v) is 6.94. The summed E-state index contributed by atoms with van der Waals surface area (Å²) in [6.07, 6.45) is 0.502. The predicted octanol–water partition coefficient (Wildman–Crippen LogP) is 1.93. The second kappa shape index (κ2) is 5.97. The topological polar surface area (TPSA) is 89.9 Å². The number of halogens is 1. The minimum atomic E-state index is -4.33. The number of sulfonamides is 1. The van der Waals surface area contributed by atoms with Gasteiger partial charge >= 0.3 is 5.97 Å². The first-order valence-electron chi connectivity index (χ1n) is 5.12. The van der Waals surface area contributed by atoms with Crippen molar-refractivity contribution in [2.24, 2.45) is 4.40 Å². The molecule has 0 aliphatic rings. The largest absolute Gasteiger partial charge is 0.459 e. The molecule has 6 nitrogen and oxygen atoms in total. The second-order valence-electron chi connectivity index (χ2n) is 3.75. The molecule has 0 saturated carbocycles. The van der Waals surface area contributed by atoms with Crippen molar-refractivity contribution in [2.75, 3.05) is 0 Å². The van der Waals surface area contributed by atoms with Crippen molar-refractivity contribution in [1.82, 2.24) is 0 Å². The number of rotatable bonds is 4. The Morgan fingerprint density at radius 3 is 2.58 bits per heavy atom. The summed E-state index contributed by atoms with van der Waals surface area (Å²) >= 11 is 5.68. The fourth-order valence-corrected chi connectivity index (χ4v) is 2.39. The Balaban J connectivity index is 3.42. The molecule has 0 spiro atoms. The van der Waals surface area contributed by atoms with Crippen LogP contribution in [0, 0.1) is 0 Å². The lowest BCUT2D eigenvalue weighted by Gasteiger charge is -2.10. The molecule has 8 heteroatoms. The average Bonchev–Trinajstić information content (AvgIpc) is 2.27. The zero-order valence-corrected chi connectivity index (χ0v) is 11.7. The molecule has 0 heterocycles. The van der Waals surface area contributed by atoms with Gasteiger partial charge in [0.25, 0.3) is 16.1 Å². The van der Waals surface area contributed by atoms with E-state index in [4.69, 9.17) is 16.3 Å². The third kappa shape index (κ3) is 3.89. The summed E-state index contributed by atoms with van der Waals surface area (Å²) < 4.78 is 31.0. The molecule has 19 heavy (non-hydrogen) atoms. The van der Waals surface area contributed by atoms with E-state index in [0.29, 0.717) is 0 Å². The van der Waals surface area contributed by atoms with Crippen LogP contribution in [0.1, 0.15) is 24.2 Å². The van der Waals surface area contributed by atoms with E-state index in [0.717, 1.165) is 12.1 Å². The van der Waals surface area contributed by atoms with Crippen LogP contribution in [0.15, 0.2) is 27.5 Å². The Morgan fingerprint density at radius 2 is 2.05 bits per heavy atom. The van der Waals surface area contributed by atoms with Crippen molar-refractivity contribution in [3.8, 4) is 0 Å². The summed E-state index contributed by atoms with van der Waals surface area (Å²) in [5, 5.41) is 0.0840. The van der Waals surface area contributed by atoms with Gasteiger partial charge < -0.3 is 4.74 Å². The van der Waals surface area contributed by atoms with Crippen LogP contribution in [0.4, 0.5) is 0 Å². The van der Waals surface area contributed by atoms with E-state index >= 15 is 0 Å². The van der Waals surface area contributed by atoms with Crippen molar-refractivity contribution in [3.05, 3.63) is 28.8 Å². The summed E-state index contributed by atoms with van der Waals surface area (Å²) in [4.78, 5) is 21.4. The first kappa shape index (κ1) is 15.4. The van der Waals surface area contributed by atoms with E-state index in [1.807, 2.05) is 0 Å². The molecule has 0 amide bonds. The number of ether oxygens (including phenoxy) is 1. The number of hydrogen-bond donors (Lipinski definition) is 0. The molecule has 0 aliphatic carbocycles. The van der Waals surface area contributed by atoms with E-state index in [1.54, 1.807) is 13.8 Å². The highest BCUT2D eigenvalue weighted by atomic mass is 35.5. The van der Waals surface area contributed by atoms with Gasteiger partial charge in [-0.3, -0.25) is 0 Å². The number of isocyanates is 1. The zero-order chi connectivity index (χ0) is 14.6. The summed E-state index contributed by atoms with van der Waals surface area (Å²) in [5.41, 5.74) is -0.239. The maximum absolute atomic E-state index is 11.8. The number of hydrogen-bond acceptors (Lipinski definition) is 5. The predicted molar refractivity (Wildman–Crippen MR) is 67.3 cm³/mol. The van der Waals surface area contributed by atoms with Crippen LogP contribution in [0.2, 0.25) is 5.02 Å². The number of carbonyl (C=O) groups is 1. The van der Waals surface area contributed by atoms with Crippen LogP contribution in [0.3, 0.4) is 0 Å². The van der Waals surface area contributed by atoms with E-state index < -0.39 is 27.0 Å². The van der Waals surface area contributed by atoms with Gasteiger partial charge in [-0.15, -0.1) is 0 Å². The molecule has 0 atom stereocenters. The molecular weight excluding hydrogens is 294 g/mol. The molecule has 1 rings (SSSR count). The number of benzene rings is 1. The lowest BCUT2D eigenvalue weighted by atomic mass is 10.2.